The van der Waals surface area contributed by atoms with Crippen LogP contribution >= 0.6 is 0 Å². The summed E-state index contributed by atoms with van der Waals surface area (Å²) in [7, 11) is 0. The largest absolute Gasteiger partial charge is 0.382 e. The Labute approximate surface area is 144 Å². The quantitative estimate of drug-likeness (QED) is 0.800. The van der Waals surface area contributed by atoms with Gasteiger partial charge in [-0.1, -0.05) is 26.0 Å². The lowest BCUT2D eigenvalue weighted by molar-refractivity contribution is -0.156. The van der Waals surface area contributed by atoms with Crippen LogP contribution < -0.4 is 0 Å². The summed E-state index contributed by atoms with van der Waals surface area (Å²) < 4.78 is 0. The number of hydrogen-bond acceptors (Lipinski definition) is 3. The van der Waals surface area contributed by atoms with E-state index < -0.39 is 5.60 Å². The lowest BCUT2D eigenvalue weighted by atomic mass is 9.48. The smallest absolute Gasteiger partial charge is 0.161 e. The summed E-state index contributed by atoms with van der Waals surface area (Å²) in [5.41, 5.74) is -0.197. The molecule has 130 valence electrons. The second-order valence-electron chi connectivity index (χ2n) is 9.04. The standard InChI is InChI=1S/C21H28O3/c1-13(22)21(24)11-8-18-16-5-4-14-12-15(23)6-9-19(14,2)17(16)7-10-20(18,21)3/h4-5,12,16-18,24H,6-11H2,1-3H3/t16-,17+,18+,19-,20-,21+/m0/s1. The number of carbonyl (C=O) groups excluding carboxylic acids is 2. The van der Waals surface area contributed by atoms with Crippen LogP contribution in [0.4, 0.5) is 0 Å². The molecule has 0 bridgehead atoms. The van der Waals surface area contributed by atoms with Crippen molar-refractivity contribution in [1.82, 2.24) is 0 Å². The lowest BCUT2D eigenvalue weighted by Crippen LogP contribution is -2.56. The molecule has 2 saturated carbocycles. The first-order valence-electron chi connectivity index (χ1n) is 9.39. The molecule has 0 aliphatic heterocycles. The van der Waals surface area contributed by atoms with Gasteiger partial charge in [0, 0.05) is 11.8 Å². The number of fused-ring (bicyclic) bond motifs is 5. The molecule has 0 aromatic rings. The fourth-order valence-electron chi connectivity index (χ4n) is 6.59. The number of allylic oxidation sites excluding steroid dienone is 4. The van der Waals surface area contributed by atoms with E-state index in [1.807, 2.05) is 6.08 Å². The Kier molecular flexibility index (Phi) is 3.32. The predicted octanol–water partition coefficient (Wildman–Crippen LogP) is 3.61. The van der Waals surface area contributed by atoms with Crippen molar-refractivity contribution in [2.75, 3.05) is 0 Å². The topological polar surface area (TPSA) is 54.4 Å². The van der Waals surface area contributed by atoms with Gasteiger partial charge in [0.25, 0.3) is 0 Å². The van der Waals surface area contributed by atoms with Gasteiger partial charge in [-0.2, -0.15) is 0 Å². The zero-order valence-corrected chi connectivity index (χ0v) is 15.0. The highest BCUT2D eigenvalue weighted by Gasteiger charge is 2.64. The molecule has 0 aromatic heterocycles. The van der Waals surface area contributed by atoms with Gasteiger partial charge in [0.05, 0.1) is 0 Å². The van der Waals surface area contributed by atoms with Gasteiger partial charge >= 0.3 is 0 Å². The number of hydrogen-bond donors (Lipinski definition) is 1. The summed E-state index contributed by atoms with van der Waals surface area (Å²) in [6, 6.07) is 0. The maximum atomic E-state index is 12.2. The molecule has 3 heteroatoms. The minimum Gasteiger partial charge on any atom is -0.382 e. The molecule has 0 amide bonds. The third-order valence-electron chi connectivity index (χ3n) is 8.25. The molecule has 0 unspecified atom stereocenters. The summed E-state index contributed by atoms with van der Waals surface area (Å²) in [4.78, 5) is 24.0. The van der Waals surface area contributed by atoms with E-state index in [0.717, 1.165) is 25.7 Å². The normalized spacial score (nSPS) is 49.9. The molecular weight excluding hydrogens is 300 g/mol. The Hall–Kier alpha value is -1.22. The molecular formula is C21H28O3. The van der Waals surface area contributed by atoms with Crippen molar-refractivity contribution in [3.63, 3.8) is 0 Å². The predicted molar refractivity (Wildman–Crippen MR) is 92.2 cm³/mol. The van der Waals surface area contributed by atoms with Crippen molar-refractivity contribution < 1.29 is 14.7 Å². The Morgan fingerprint density at radius 2 is 1.88 bits per heavy atom. The van der Waals surface area contributed by atoms with E-state index in [1.165, 1.54) is 5.57 Å². The number of carbonyl (C=O) groups is 2. The van der Waals surface area contributed by atoms with Gasteiger partial charge in [0.15, 0.2) is 11.6 Å². The molecule has 0 aromatic carbocycles. The summed E-state index contributed by atoms with van der Waals surface area (Å²) in [6.45, 7) is 6.00. The van der Waals surface area contributed by atoms with Crippen LogP contribution in [0.5, 0.6) is 0 Å². The first-order chi connectivity index (χ1) is 11.2. The number of Topliss-reactive ketones (excluding diaryl/α,β-unsaturated/α-hetero) is 1. The van der Waals surface area contributed by atoms with Gasteiger partial charge in [-0.15, -0.1) is 0 Å². The highest BCUT2D eigenvalue weighted by molar-refractivity contribution is 5.92. The molecule has 0 heterocycles. The third-order valence-corrected chi connectivity index (χ3v) is 8.25. The summed E-state index contributed by atoms with van der Waals surface area (Å²) >= 11 is 0. The summed E-state index contributed by atoms with van der Waals surface area (Å²) in [5.74, 6) is 1.47. The van der Waals surface area contributed by atoms with Crippen molar-refractivity contribution in [1.29, 1.82) is 0 Å². The minimum atomic E-state index is -1.16. The van der Waals surface area contributed by atoms with Crippen LogP contribution in [0.2, 0.25) is 0 Å². The van der Waals surface area contributed by atoms with E-state index in [1.54, 1.807) is 6.92 Å². The number of rotatable bonds is 1. The highest BCUT2D eigenvalue weighted by Crippen LogP contribution is 2.66. The second-order valence-corrected chi connectivity index (χ2v) is 9.04. The first kappa shape index (κ1) is 16.3. The van der Waals surface area contributed by atoms with Crippen molar-refractivity contribution in [2.24, 2.45) is 28.6 Å². The van der Waals surface area contributed by atoms with E-state index in [2.05, 4.69) is 26.0 Å². The monoisotopic (exact) mass is 328 g/mol. The van der Waals surface area contributed by atoms with Crippen LogP contribution in [0.25, 0.3) is 0 Å². The highest BCUT2D eigenvalue weighted by atomic mass is 16.3. The van der Waals surface area contributed by atoms with Gasteiger partial charge in [-0.3, -0.25) is 9.59 Å². The molecule has 0 spiro atoms. The Morgan fingerprint density at radius 1 is 1.17 bits per heavy atom. The van der Waals surface area contributed by atoms with Gasteiger partial charge in [-0.05, 0) is 73.8 Å². The van der Waals surface area contributed by atoms with E-state index >= 15 is 0 Å². The maximum absolute atomic E-state index is 12.2. The molecule has 4 aliphatic rings. The van der Waals surface area contributed by atoms with E-state index in [4.69, 9.17) is 0 Å². The number of aliphatic hydroxyl groups is 1. The second kappa shape index (κ2) is 4.91. The summed E-state index contributed by atoms with van der Waals surface area (Å²) in [5, 5.41) is 11.1. The van der Waals surface area contributed by atoms with Crippen molar-refractivity contribution in [3.8, 4) is 0 Å². The van der Waals surface area contributed by atoms with Crippen LogP contribution in [0.3, 0.4) is 0 Å². The Morgan fingerprint density at radius 3 is 2.58 bits per heavy atom. The summed E-state index contributed by atoms with van der Waals surface area (Å²) in [6.07, 6.45) is 11.3. The van der Waals surface area contributed by atoms with Crippen LogP contribution in [0, 0.1) is 28.6 Å². The third kappa shape index (κ3) is 1.82. The van der Waals surface area contributed by atoms with Crippen molar-refractivity contribution in [2.45, 2.75) is 64.9 Å². The van der Waals surface area contributed by atoms with Crippen LogP contribution in [-0.2, 0) is 9.59 Å². The molecule has 6 atom stereocenters. The molecule has 24 heavy (non-hydrogen) atoms. The first-order valence-corrected chi connectivity index (χ1v) is 9.39. The zero-order chi connectivity index (χ0) is 17.3. The lowest BCUT2D eigenvalue weighted by Gasteiger charge is -2.56. The van der Waals surface area contributed by atoms with Crippen LogP contribution in [0.1, 0.15) is 59.3 Å². The molecule has 0 saturated heterocycles. The van der Waals surface area contributed by atoms with Crippen LogP contribution in [0.15, 0.2) is 23.8 Å². The molecule has 3 nitrogen and oxygen atoms in total. The minimum absolute atomic E-state index is 0.0687. The Balaban J connectivity index is 1.75. The van der Waals surface area contributed by atoms with Gasteiger partial charge in [0.2, 0.25) is 0 Å². The fraction of sp³-hybridized carbons (Fsp3) is 0.714. The van der Waals surface area contributed by atoms with Crippen molar-refractivity contribution in [3.05, 3.63) is 23.8 Å². The molecule has 2 fully saturated rings. The van der Waals surface area contributed by atoms with E-state index in [0.29, 0.717) is 30.6 Å². The molecule has 4 rings (SSSR count). The SMILES string of the molecule is CC(=O)[C@]1(O)CC[C@@H]2[C@H]3C=CC4=CC(=O)CC[C@]4(C)[C@@H]3CC[C@@]21C. The Bertz CT molecular complexity index is 675. The van der Waals surface area contributed by atoms with Gasteiger partial charge < -0.3 is 5.11 Å². The van der Waals surface area contributed by atoms with E-state index in [-0.39, 0.29) is 22.4 Å². The molecule has 1 N–H and O–H groups in total. The number of ketones is 2. The zero-order valence-electron chi connectivity index (χ0n) is 15.0. The van der Waals surface area contributed by atoms with Crippen molar-refractivity contribution >= 4 is 11.6 Å². The molecule has 0 radical (unpaired) electrons. The maximum Gasteiger partial charge on any atom is 0.161 e. The van der Waals surface area contributed by atoms with Gasteiger partial charge in [-0.25, -0.2) is 0 Å². The van der Waals surface area contributed by atoms with Crippen LogP contribution in [-0.4, -0.2) is 22.3 Å². The average molecular weight is 328 g/mol. The van der Waals surface area contributed by atoms with Gasteiger partial charge in [0.1, 0.15) is 5.60 Å². The average Bonchev–Trinajstić information content (AvgIpc) is 2.81. The van der Waals surface area contributed by atoms with E-state index in [9.17, 15) is 14.7 Å². The fourth-order valence-corrected chi connectivity index (χ4v) is 6.59. The molecule has 4 aliphatic carbocycles.